The van der Waals surface area contributed by atoms with Crippen molar-refractivity contribution >= 4 is 15.6 Å². The van der Waals surface area contributed by atoms with Crippen LogP contribution in [0.2, 0.25) is 0 Å². The molecule has 25 heavy (non-hydrogen) atoms. The summed E-state index contributed by atoms with van der Waals surface area (Å²) in [4.78, 5) is 26.0. The summed E-state index contributed by atoms with van der Waals surface area (Å²) in [5.41, 5.74) is 2.78. The molecule has 0 aliphatic carbocycles. The lowest BCUT2D eigenvalue weighted by molar-refractivity contribution is 0.181. The van der Waals surface area contributed by atoms with Crippen molar-refractivity contribution in [2.24, 2.45) is 0 Å². The van der Waals surface area contributed by atoms with E-state index in [4.69, 9.17) is 14.7 Å². The lowest BCUT2D eigenvalue weighted by atomic mass is 10.1. The Morgan fingerprint density at radius 1 is 1.00 bits per heavy atom. The maximum absolute atomic E-state index is 13.8. The number of halogens is 1. The lowest BCUT2D eigenvalue weighted by Crippen LogP contribution is -1.98. The van der Waals surface area contributed by atoms with Crippen molar-refractivity contribution in [3.05, 3.63) is 34.7 Å². The molecule has 0 aliphatic heterocycles. The molecule has 0 aliphatic rings. The van der Waals surface area contributed by atoms with Gasteiger partial charge in [-0.15, -0.1) is 0 Å². The standard InChI is InChI=1S/C15H27FO7P2/c1-12(2)7-5-8-13(3)9-6-10-14(4)15(16)11-22-25(20,21)23-24(17,18)19/h7,9H,5-6,8,10-11H2,1-4H3,(H,20,21)(H2,17,18,19). The largest absolute Gasteiger partial charge is 0.481 e. The molecule has 0 bridgehead atoms. The van der Waals surface area contributed by atoms with Crippen molar-refractivity contribution in [3.8, 4) is 0 Å². The fourth-order valence-corrected chi connectivity index (χ4v) is 3.32. The Balaban J connectivity index is 4.43. The highest BCUT2D eigenvalue weighted by molar-refractivity contribution is 7.60. The van der Waals surface area contributed by atoms with Crippen LogP contribution in [0.15, 0.2) is 34.7 Å². The summed E-state index contributed by atoms with van der Waals surface area (Å²) in [6, 6.07) is 0. The Morgan fingerprint density at radius 3 is 2.08 bits per heavy atom. The lowest BCUT2D eigenvalue weighted by Gasteiger charge is -2.12. The van der Waals surface area contributed by atoms with E-state index in [1.165, 1.54) is 18.1 Å². The van der Waals surface area contributed by atoms with Gasteiger partial charge in [-0.3, -0.25) is 4.52 Å². The highest BCUT2D eigenvalue weighted by Crippen LogP contribution is 2.57. The van der Waals surface area contributed by atoms with Crippen LogP contribution in [0.4, 0.5) is 4.39 Å². The maximum Gasteiger partial charge on any atom is 0.481 e. The van der Waals surface area contributed by atoms with E-state index in [9.17, 15) is 13.5 Å². The summed E-state index contributed by atoms with van der Waals surface area (Å²) in [6.45, 7) is 6.68. The van der Waals surface area contributed by atoms with Crippen molar-refractivity contribution in [1.82, 2.24) is 0 Å². The van der Waals surface area contributed by atoms with Crippen LogP contribution in [-0.4, -0.2) is 21.3 Å². The van der Waals surface area contributed by atoms with Gasteiger partial charge < -0.3 is 14.7 Å². The summed E-state index contributed by atoms with van der Waals surface area (Å²) < 4.78 is 43.3. The molecule has 3 N–H and O–H groups in total. The molecule has 0 radical (unpaired) electrons. The fourth-order valence-electron chi connectivity index (χ4n) is 1.78. The van der Waals surface area contributed by atoms with Gasteiger partial charge in [0, 0.05) is 0 Å². The van der Waals surface area contributed by atoms with Gasteiger partial charge in [-0.2, -0.15) is 4.31 Å². The smallest absolute Gasteiger partial charge is 0.302 e. The monoisotopic (exact) mass is 400 g/mol. The zero-order valence-electron chi connectivity index (χ0n) is 14.9. The normalized spacial score (nSPS) is 16.2. The van der Waals surface area contributed by atoms with Gasteiger partial charge in [-0.1, -0.05) is 23.3 Å². The highest BCUT2D eigenvalue weighted by atomic mass is 31.3. The molecule has 146 valence electrons. The van der Waals surface area contributed by atoms with Crippen LogP contribution in [0.1, 0.15) is 53.4 Å². The van der Waals surface area contributed by atoms with Gasteiger partial charge >= 0.3 is 15.6 Å². The van der Waals surface area contributed by atoms with Crippen molar-refractivity contribution in [2.75, 3.05) is 6.61 Å². The molecule has 0 aromatic heterocycles. The molecular weight excluding hydrogens is 373 g/mol. The van der Waals surface area contributed by atoms with Crippen LogP contribution in [-0.2, 0) is 18.0 Å². The predicted molar refractivity (Wildman–Crippen MR) is 94.4 cm³/mol. The third-order valence-corrected chi connectivity index (χ3v) is 5.26. The minimum Gasteiger partial charge on any atom is -0.302 e. The number of hydrogen-bond donors (Lipinski definition) is 3. The number of phosphoric acid groups is 2. The first-order valence-electron chi connectivity index (χ1n) is 7.70. The van der Waals surface area contributed by atoms with Crippen molar-refractivity contribution in [1.29, 1.82) is 0 Å². The third-order valence-electron chi connectivity index (χ3n) is 3.13. The number of allylic oxidation sites excluding steroid dienone is 5. The summed E-state index contributed by atoms with van der Waals surface area (Å²) in [5.74, 6) is -0.779. The Hall–Kier alpha value is -0.590. The SMILES string of the molecule is CC(C)=CCCC(C)=CCCC(C)=C(F)COP(=O)(O)OP(=O)(O)O. The van der Waals surface area contributed by atoms with Crippen molar-refractivity contribution in [3.63, 3.8) is 0 Å². The maximum atomic E-state index is 13.8. The molecule has 1 atom stereocenters. The molecule has 0 saturated carbocycles. The molecule has 7 nitrogen and oxygen atoms in total. The molecule has 0 amide bonds. The first-order valence-corrected chi connectivity index (χ1v) is 10.7. The number of hydrogen-bond acceptors (Lipinski definition) is 4. The molecule has 0 rings (SSSR count). The van der Waals surface area contributed by atoms with Crippen molar-refractivity contribution < 1.29 is 37.0 Å². The van der Waals surface area contributed by atoms with E-state index in [2.05, 4.69) is 14.9 Å². The average molecular weight is 400 g/mol. The van der Waals surface area contributed by atoms with Crippen LogP contribution in [0.25, 0.3) is 0 Å². The van der Waals surface area contributed by atoms with E-state index in [1.54, 1.807) is 0 Å². The third kappa shape index (κ3) is 14.3. The van der Waals surface area contributed by atoms with E-state index in [-0.39, 0.29) is 0 Å². The van der Waals surface area contributed by atoms with E-state index < -0.39 is 28.1 Å². The van der Waals surface area contributed by atoms with Gasteiger partial charge in [0.15, 0.2) is 0 Å². The Labute approximate surface area is 148 Å². The Kier molecular flexibility index (Phi) is 10.9. The second-order valence-electron chi connectivity index (χ2n) is 5.91. The first kappa shape index (κ1) is 24.4. The molecule has 0 saturated heterocycles. The van der Waals surface area contributed by atoms with Crippen LogP contribution in [0, 0.1) is 0 Å². The zero-order chi connectivity index (χ0) is 19.7. The summed E-state index contributed by atoms with van der Waals surface area (Å²) in [5, 5.41) is 0. The second-order valence-corrected chi connectivity index (χ2v) is 8.74. The van der Waals surface area contributed by atoms with E-state index in [0.29, 0.717) is 18.4 Å². The molecular formula is C15H27FO7P2. The Bertz CT molecular complexity index is 615. The second kappa shape index (κ2) is 11.2. The zero-order valence-corrected chi connectivity index (χ0v) is 16.7. The Morgan fingerprint density at radius 2 is 1.56 bits per heavy atom. The molecule has 10 heteroatoms. The van der Waals surface area contributed by atoms with Gasteiger partial charge in [0.05, 0.1) is 0 Å². The quantitative estimate of drug-likeness (QED) is 0.333. The first-order chi connectivity index (χ1) is 11.3. The van der Waals surface area contributed by atoms with E-state index in [0.717, 1.165) is 12.8 Å². The fraction of sp³-hybridized carbons (Fsp3) is 0.600. The number of rotatable bonds is 11. The van der Waals surface area contributed by atoms with Crippen LogP contribution >= 0.6 is 15.6 Å². The van der Waals surface area contributed by atoms with Gasteiger partial charge in [0.2, 0.25) is 0 Å². The van der Waals surface area contributed by atoms with Crippen LogP contribution in [0.3, 0.4) is 0 Å². The molecule has 0 aromatic carbocycles. The summed E-state index contributed by atoms with van der Waals surface area (Å²) in [6.07, 6.45) is 7.02. The van der Waals surface area contributed by atoms with E-state index in [1.807, 2.05) is 26.8 Å². The average Bonchev–Trinajstić information content (AvgIpc) is 2.41. The number of phosphoric ester groups is 1. The molecule has 0 aromatic rings. The molecule has 0 spiro atoms. The summed E-state index contributed by atoms with van der Waals surface area (Å²) in [7, 11) is -10.2. The van der Waals surface area contributed by atoms with E-state index >= 15 is 0 Å². The van der Waals surface area contributed by atoms with Gasteiger partial charge in [-0.25, -0.2) is 13.5 Å². The summed E-state index contributed by atoms with van der Waals surface area (Å²) >= 11 is 0. The van der Waals surface area contributed by atoms with Crippen LogP contribution in [0.5, 0.6) is 0 Å². The molecule has 0 fully saturated rings. The minimum atomic E-state index is -5.20. The predicted octanol–water partition coefficient (Wildman–Crippen LogP) is 4.93. The van der Waals surface area contributed by atoms with Gasteiger partial charge in [0.1, 0.15) is 12.4 Å². The topological polar surface area (TPSA) is 113 Å². The molecule has 0 heterocycles. The van der Waals surface area contributed by atoms with Gasteiger partial charge in [0.25, 0.3) is 0 Å². The van der Waals surface area contributed by atoms with Crippen LogP contribution < -0.4 is 0 Å². The van der Waals surface area contributed by atoms with Crippen molar-refractivity contribution in [2.45, 2.75) is 53.4 Å². The highest BCUT2D eigenvalue weighted by Gasteiger charge is 2.32. The molecule has 1 unspecified atom stereocenters. The van der Waals surface area contributed by atoms with Gasteiger partial charge in [-0.05, 0) is 59.0 Å². The minimum absolute atomic E-state index is 0.324.